The second-order valence-electron chi connectivity index (χ2n) is 7.66. The number of methoxy groups -OCH3 is 1. The molecule has 0 unspecified atom stereocenters. The van der Waals surface area contributed by atoms with Crippen molar-refractivity contribution < 1.29 is 14.3 Å². The standard InChI is InChI=1S/C23H27N5O4/c1-15(29)16-6-5-7-17(12-16)24-23(31)25-18-8-9-20-19(13-18)22(30)28(10-11-32-4)21(26-20)14-27(2)3/h5-9,12-13H,10-11,14H2,1-4H3,(H2,24,25,31). The lowest BCUT2D eigenvalue weighted by Gasteiger charge is -2.16. The first-order valence-corrected chi connectivity index (χ1v) is 10.1. The molecule has 9 nitrogen and oxygen atoms in total. The van der Waals surface area contributed by atoms with Gasteiger partial charge < -0.3 is 20.3 Å². The molecule has 2 amide bonds. The number of hydrogen-bond donors (Lipinski definition) is 2. The van der Waals surface area contributed by atoms with Crippen LogP contribution >= 0.6 is 0 Å². The number of aromatic nitrogens is 2. The molecule has 0 spiro atoms. The summed E-state index contributed by atoms with van der Waals surface area (Å²) in [6.45, 7) is 2.74. The van der Waals surface area contributed by atoms with E-state index in [1.807, 2.05) is 19.0 Å². The summed E-state index contributed by atoms with van der Waals surface area (Å²) >= 11 is 0. The number of ether oxygens (including phenoxy) is 1. The first-order chi connectivity index (χ1) is 15.3. The van der Waals surface area contributed by atoms with Gasteiger partial charge in [0.05, 0.1) is 30.6 Å². The molecule has 0 aliphatic carbocycles. The fourth-order valence-corrected chi connectivity index (χ4v) is 3.27. The minimum Gasteiger partial charge on any atom is -0.383 e. The zero-order valence-corrected chi connectivity index (χ0v) is 18.6. The average Bonchev–Trinajstić information content (AvgIpc) is 2.73. The number of nitrogens with zero attached hydrogens (tertiary/aromatic N) is 3. The van der Waals surface area contributed by atoms with E-state index >= 15 is 0 Å². The maximum atomic E-state index is 13.2. The first-order valence-electron chi connectivity index (χ1n) is 10.1. The molecule has 0 atom stereocenters. The second kappa shape index (κ2) is 10.2. The van der Waals surface area contributed by atoms with Crippen molar-refractivity contribution in [3.8, 4) is 0 Å². The molecule has 2 N–H and O–H groups in total. The minimum absolute atomic E-state index is 0.0884. The summed E-state index contributed by atoms with van der Waals surface area (Å²) in [4.78, 5) is 43.7. The molecule has 1 heterocycles. The van der Waals surface area contributed by atoms with E-state index in [-0.39, 0.29) is 11.3 Å². The predicted octanol–water partition coefficient (Wildman–Crippen LogP) is 2.95. The van der Waals surface area contributed by atoms with Crippen molar-refractivity contribution in [1.29, 1.82) is 0 Å². The number of amides is 2. The number of urea groups is 1. The summed E-state index contributed by atoms with van der Waals surface area (Å²) in [7, 11) is 5.40. The van der Waals surface area contributed by atoms with Crippen molar-refractivity contribution >= 4 is 34.1 Å². The molecule has 2 aromatic carbocycles. The van der Waals surface area contributed by atoms with Crippen LogP contribution in [0.5, 0.6) is 0 Å². The monoisotopic (exact) mass is 437 g/mol. The molecule has 3 rings (SSSR count). The van der Waals surface area contributed by atoms with Crippen molar-refractivity contribution in [2.75, 3.05) is 38.4 Å². The van der Waals surface area contributed by atoms with Gasteiger partial charge in [-0.25, -0.2) is 9.78 Å². The van der Waals surface area contributed by atoms with Gasteiger partial charge in [-0.15, -0.1) is 0 Å². The van der Waals surface area contributed by atoms with Crippen LogP contribution in [0, 0.1) is 0 Å². The van der Waals surface area contributed by atoms with Crippen LogP contribution in [0.15, 0.2) is 47.3 Å². The molecular formula is C23H27N5O4. The van der Waals surface area contributed by atoms with E-state index in [0.717, 1.165) is 0 Å². The summed E-state index contributed by atoms with van der Waals surface area (Å²) in [5, 5.41) is 5.82. The van der Waals surface area contributed by atoms with Gasteiger partial charge >= 0.3 is 6.03 Å². The molecular weight excluding hydrogens is 410 g/mol. The van der Waals surface area contributed by atoms with Gasteiger partial charge in [0, 0.05) is 24.0 Å². The van der Waals surface area contributed by atoms with E-state index in [9.17, 15) is 14.4 Å². The number of carbonyl (C=O) groups is 2. The molecule has 0 radical (unpaired) electrons. The number of benzene rings is 2. The van der Waals surface area contributed by atoms with Gasteiger partial charge in [-0.1, -0.05) is 12.1 Å². The molecule has 0 bridgehead atoms. The number of hydrogen-bond acceptors (Lipinski definition) is 6. The Hall–Kier alpha value is -3.56. The molecule has 32 heavy (non-hydrogen) atoms. The van der Waals surface area contributed by atoms with Gasteiger partial charge in [-0.2, -0.15) is 0 Å². The summed E-state index contributed by atoms with van der Waals surface area (Å²) < 4.78 is 6.74. The van der Waals surface area contributed by atoms with Gasteiger partial charge in [-0.05, 0) is 51.4 Å². The lowest BCUT2D eigenvalue weighted by molar-refractivity contribution is 0.101. The smallest absolute Gasteiger partial charge is 0.323 e. The Morgan fingerprint density at radius 1 is 1.09 bits per heavy atom. The van der Waals surface area contributed by atoms with Gasteiger partial charge in [0.2, 0.25) is 0 Å². The zero-order valence-electron chi connectivity index (χ0n) is 18.6. The Morgan fingerprint density at radius 3 is 2.47 bits per heavy atom. The number of rotatable bonds is 8. The van der Waals surface area contributed by atoms with Gasteiger partial charge in [0.25, 0.3) is 5.56 Å². The number of Topliss-reactive ketones (excluding diaryl/α,β-unsaturated/α-hetero) is 1. The third-order valence-electron chi connectivity index (χ3n) is 4.79. The third-order valence-corrected chi connectivity index (χ3v) is 4.79. The molecule has 0 saturated heterocycles. The molecule has 0 aliphatic heterocycles. The number of nitrogens with one attached hydrogen (secondary N) is 2. The van der Waals surface area contributed by atoms with Gasteiger partial charge in [0.15, 0.2) is 5.78 Å². The molecule has 3 aromatic rings. The van der Waals surface area contributed by atoms with Crippen molar-refractivity contribution in [3.05, 3.63) is 64.2 Å². The molecule has 9 heteroatoms. The number of carbonyl (C=O) groups excluding carboxylic acids is 2. The Morgan fingerprint density at radius 2 is 1.81 bits per heavy atom. The van der Waals surface area contributed by atoms with E-state index in [0.29, 0.717) is 53.4 Å². The lowest BCUT2D eigenvalue weighted by atomic mass is 10.1. The zero-order chi connectivity index (χ0) is 23.3. The van der Waals surface area contributed by atoms with Crippen LogP contribution in [0.25, 0.3) is 10.9 Å². The maximum absolute atomic E-state index is 13.2. The average molecular weight is 438 g/mol. The summed E-state index contributed by atoms with van der Waals surface area (Å²) in [5.41, 5.74) is 1.82. The van der Waals surface area contributed by atoms with Crippen molar-refractivity contribution in [2.24, 2.45) is 0 Å². The summed E-state index contributed by atoms with van der Waals surface area (Å²) in [5.74, 6) is 0.558. The topological polar surface area (TPSA) is 106 Å². The minimum atomic E-state index is -0.484. The summed E-state index contributed by atoms with van der Waals surface area (Å²) in [6.07, 6.45) is 0. The van der Waals surface area contributed by atoms with E-state index in [1.54, 1.807) is 54.1 Å². The van der Waals surface area contributed by atoms with Crippen LogP contribution in [0.2, 0.25) is 0 Å². The van der Waals surface area contributed by atoms with Gasteiger partial charge in [0.1, 0.15) is 5.82 Å². The highest BCUT2D eigenvalue weighted by Crippen LogP contribution is 2.17. The highest BCUT2D eigenvalue weighted by molar-refractivity contribution is 6.02. The Bertz CT molecular complexity index is 1200. The van der Waals surface area contributed by atoms with Crippen LogP contribution in [0.3, 0.4) is 0 Å². The Labute approximate surface area is 186 Å². The van der Waals surface area contributed by atoms with Crippen LogP contribution in [0.1, 0.15) is 23.1 Å². The molecule has 0 fully saturated rings. The highest BCUT2D eigenvalue weighted by atomic mass is 16.5. The van der Waals surface area contributed by atoms with E-state index in [1.165, 1.54) is 6.92 Å². The largest absolute Gasteiger partial charge is 0.383 e. The van der Waals surface area contributed by atoms with Crippen LogP contribution < -0.4 is 16.2 Å². The van der Waals surface area contributed by atoms with Crippen molar-refractivity contribution in [1.82, 2.24) is 14.5 Å². The second-order valence-corrected chi connectivity index (χ2v) is 7.66. The van der Waals surface area contributed by atoms with E-state index < -0.39 is 6.03 Å². The van der Waals surface area contributed by atoms with E-state index in [2.05, 4.69) is 15.6 Å². The molecule has 0 saturated carbocycles. The molecule has 168 valence electrons. The normalized spacial score (nSPS) is 11.0. The Kier molecular flexibility index (Phi) is 7.34. The highest BCUT2D eigenvalue weighted by Gasteiger charge is 2.13. The van der Waals surface area contributed by atoms with Crippen LogP contribution in [0.4, 0.5) is 16.2 Å². The fourth-order valence-electron chi connectivity index (χ4n) is 3.27. The quantitative estimate of drug-likeness (QED) is 0.525. The van der Waals surface area contributed by atoms with Crippen LogP contribution in [-0.4, -0.2) is 54.1 Å². The van der Waals surface area contributed by atoms with Gasteiger partial charge in [-0.3, -0.25) is 14.2 Å². The third kappa shape index (κ3) is 5.57. The number of fused-ring (bicyclic) bond motifs is 1. The predicted molar refractivity (Wildman–Crippen MR) is 124 cm³/mol. The molecule has 1 aromatic heterocycles. The SMILES string of the molecule is COCCn1c(CN(C)C)nc2ccc(NC(=O)Nc3cccc(C(C)=O)c3)cc2c1=O. The molecule has 0 aliphatic rings. The van der Waals surface area contributed by atoms with Crippen molar-refractivity contribution in [2.45, 2.75) is 20.0 Å². The maximum Gasteiger partial charge on any atom is 0.323 e. The first kappa shape index (κ1) is 23.1. The fraction of sp³-hybridized carbons (Fsp3) is 0.304. The number of ketones is 1. The number of anilines is 2. The Balaban J connectivity index is 1.87. The van der Waals surface area contributed by atoms with Crippen LogP contribution in [-0.2, 0) is 17.8 Å². The van der Waals surface area contributed by atoms with Crippen molar-refractivity contribution in [3.63, 3.8) is 0 Å². The summed E-state index contributed by atoms with van der Waals surface area (Å²) in [6, 6.07) is 11.2. The lowest BCUT2D eigenvalue weighted by Crippen LogP contribution is -2.30. The van der Waals surface area contributed by atoms with E-state index in [4.69, 9.17) is 4.74 Å².